The van der Waals surface area contributed by atoms with Gasteiger partial charge in [-0.15, -0.1) is 0 Å². The molecule has 1 atom stereocenters. The Morgan fingerprint density at radius 2 is 1.85 bits per heavy atom. The van der Waals surface area contributed by atoms with Crippen LogP contribution in [0.25, 0.3) is 0 Å². The van der Waals surface area contributed by atoms with Crippen LogP contribution in [0.2, 0.25) is 0 Å². The van der Waals surface area contributed by atoms with Crippen LogP contribution in [-0.2, 0) is 9.53 Å². The van der Waals surface area contributed by atoms with Crippen molar-refractivity contribution in [2.45, 2.75) is 47.6 Å². The number of carbonyl (C=O) groups excluding carboxylic acids is 1. The topological polar surface area (TPSA) is 39.2 Å². The average Bonchev–Trinajstić information content (AvgIpc) is 2.32. The maximum atomic E-state index is 12.0. The Balaban J connectivity index is 2.93. The van der Waals surface area contributed by atoms with Gasteiger partial charge in [-0.05, 0) is 38.8 Å². The van der Waals surface area contributed by atoms with Crippen LogP contribution in [0.4, 0.5) is 0 Å². The summed E-state index contributed by atoms with van der Waals surface area (Å²) in [6.07, 6.45) is 1.23. The Bertz CT molecular complexity index is 510. The van der Waals surface area contributed by atoms with E-state index in [4.69, 9.17) is 4.74 Å². The van der Waals surface area contributed by atoms with E-state index in [0.29, 0.717) is 5.69 Å². The van der Waals surface area contributed by atoms with Crippen LogP contribution in [0.5, 0.6) is 0 Å². The lowest BCUT2D eigenvalue weighted by atomic mass is 9.88. The molecule has 0 N–H and O–H groups in total. The van der Waals surface area contributed by atoms with Gasteiger partial charge in [0.1, 0.15) is 5.69 Å². The Hall–Kier alpha value is -1.82. The van der Waals surface area contributed by atoms with Crippen molar-refractivity contribution in [2.24, 2.45) is 10.8 Å². The third-order valence-corrected chi connectivity index (χ3v) is 2.62. The third-order valence-electron chi connectivity index (χ3n) is 2.62. The highest BCUT2D eigenvalue weighted by atomic mass is 16.5. The van der Waals surface area contributed by atoms with E-state index in [1.54, 1.807) is 6.20 Å². The fourth-order valence-electron chi connectivity index (χ4n) is 1.28. The minimum absolute atomic E-state index is 0.243. The molecule has 0 aliphatic carbocycles. The van der Waals surface area contributed by atoms with Crippen molar-refractivity contribution in [2.75, 3.05) is 0 Å². The summed E-state index contributed by atoms with van der Waals surface area (Å²) >= 11 is 0. The molecule has 0 aliphatic rings. The lowest BCUT2D eigenvalue weighted by Gasteiger charge is -2.28. The van der Waals surface area contributed by atoms with Crippen molar-refractivity contribution in [3.8, 4) is 11.8 Å². The van der Waals surface area contributed by atoms with Crippen LogP contribution in [0.15, 0.2) is 24.4 Å². The number of hydrogen-bond acceptors (Lipinski definition) is 3. The summed E-state index contributed by atoms with van der Waals surface area (Å²) in [6, 6.07) is 5.55. The van der Waals surface area contributed by atoms with Gasteiger partial charge in [0.25, 0.3) is 0 Å². The zero-order chi connectivity index (χ0) is 15.4. The second kappa shape index (κ2) is 6.09. The maximum Gasteiger partial charge on any atom is 0.312 e. The molecule has 3 nitrogen and oxygen atoms in total. The standard InChI is InChI=1S/C17H23NO2/c1-16(2,3)14(20-15(19)17(4,5)6)11-10-13-9-7-8-12-18-13/h7-9,12,14H,1-6H3. The maximum absolute atomic E-state index is 12.0. The van der Waals surface area contributed by atoms with Gasteiger partial charge in [-0.25, -0.2) is 4.98 Å². The molecule has 0 aliphatic heterocycles. The van der Waals surface area contributed by atoms with E-state index >= 15 is 0 Å². The molecule has 0 bridgehead atoms. The zero-order valence-electron chi connectivity index (χ0n) is 13.2. The van der Waals surface area contributed by atoms with Crippen molar-refractivity contribution < 1.29 is 9.53 Å². The van der Waals surface area contributed by atoms with E-state index < -0.39 is 11.5 Å². The van der Waals surface area contributed by atoms with Gasteiger partial charge in [-0.1, -0.05) is 32.8 Å². The summed E-state index contributed by atoms with van der Waals surface area (Å²) in [5, 5.41) is 0. The molecule has 1 aromatic rings. The average molecular weight is 273 g/mol. The summed E-state index contributed by atoms with van der Waals surface area (Å²) in [5.41, 5.74) is -0.104. The minimum Gasteiger partial charge on any atom is -0.448 e. The van der Waals surface area contributed by atoms with E-state index in [1.807, 2.05) is 59.7 Å². The summed E-state index contributed by atoms with van der Waals surface area (Å²) in [6.45, 7) is 11.5. The van der Waals surface area contributed by atoms with Gasteiger partial charge in [0.15, 0.2) is 6.10 Å². The summed E-state index contributed by atoms with van der Waals surface area (Å²) in [7, 11) is 0. The second-order valence-electron chi connectivity index (χ2n) is 6.89. The number of ether oxygens (including phenoxy) is 1. The first kappa shape index (κ1) is 16.2. The van der Waals surface area contributed by atoms with Crippen LogP contribution in [0, 0.1) is 22.7 Å². The Kier molecular flexibility index (Phi) is 4.94. The smallest absolute Gasteiger partial charge is 0.312 e. The van der Waals surface area contributed by atoms with E-state index in [0.717, 1.165) is 0 Å². The predicted octanol–water partition coefficient (Wildman–Crippen LogP) is 3.44. The fraction of sp³-hybridized carbons (Fsp3) is 0.529. The number of rotatable bonds is 1. The Morgan fingerprint density at radius 1 is 1.20 bits per heavy atom. The van der Waals surface area contributed by atoms with Crippen LogP contribution in [-0.4, -0.2) is 17.1 Å². The lowest BCUT2D eigenvalue weighted by molar-refractivity contribution is -0.160. The molecular formula is C17H23NO2. The Labute approximate surface area is 121 Å². The zero-order valence-corrected chi connectivity index (χ0v) is 13.2. The van der Waals surface area contributed by atoms with Gasteiger partial charge in [-0.2, -0.15) is 0 Å². The molecule has 0 spiro atoms. The van der Waals surface area contributed by atoms with E-state index in [1.165, 1.54) is 0 Å². The molecule has 0 fully saturated rings. The number of hydrogen-bond donors (Lipinski definition) is 0. The monoisotopic (exact) mass is 273 g/mol. The van der Waals surface area contributed by atoms with Gasteiger partial charge < -0.3 is 4.74 Å². The predicted molar refractivity (Wildman–Crippen MR) is 79.9 cm³/mol. The molecule has 0 radical (unpaired) electrons. The number of nitrogens with zero attached hydrogens (tertiary/aromatic N) is 1. The minimum atomic E-state index is -0.532. The van der Waals surface area contributed by atoms with Gasteiger partial charge in [0.05, 0.1) is 5.41 Å². The van der Waals surface area contributed by atoms with Gasteiger partial charge in [0.2, 0.25) is 0 Å². The van der Waals surface area contributed by atoms with Crippen molar-refractivity contribution in [1.82, 2.24) is 4.98 Å². The molecule has 0 saturated carbocycles. The number of pyridine rings is 1. The SMILES string of the molecule is CC(C)(C)C(=O)OC(C#Cc1ccccn1)C(C)(C)C. The fourth-order valence-corrected chi connectivity index (χ4v) is 1.28. The molecule has 1 unspecified atom stereocenters. The van der Waals surface area contributed by atoms with Gasteiger partial charge in [-0.3, -0.25) is 4.79 Å². The molecule has 20 heavy (non-hydrogen) atoms. The van der Waals surface area contributed by atoms with Crippen molar-refractivity contribution >= 4 is 5.97 Å². The Morgan fingerprint density at radius 3 is 2.30 bits per heavy atom. The molecule has 1 rings (SSSR count). The van der Waals surface area contributed by atoms with Gasteiger partial charge in [0, 0.05) is 11.6 Å². The molecule has 3 heteroatoms. The highest BCUT2D eigenvalue weighted by Gasteiger charge is 2.31. The summed E-state index contributed by atoms with van der Waals surface area (Å²) < 4.78 is 5.56. The molecule has 1 aromatic heterocycles. The van der Waals surface area contributed by atoms with Gasteiger partial charge >= 0.3 is 5.97 Å². The first-order valence-corrected chi connectivity index (χ1v) is 6.74. The summed E-state index contributed by atoms with van der Waals surface area (Å²) in [4.78, 5) is 16.2. The lowest BCUT2D eigenvalue weighted by Crippen LogP contribution is -2.35. The first-order chi connectivity index (χ1) is 9.10. The molecular weight excluding hydrogens is 250 g/mol. The second-order valence-corrected chi connectivity index (χ2v) is 6.89. The van der Waals surface area contributed by atoms with Crippen LogP contribution < -0.4 is 0 Å². The molecule has 0 aromatic carbocycles. The van der Waals surface area contributed by atoms with Crippen LogP contribution >= 0.6 is 0 Å². The number of carbonyl (C=O) groups is 1. The normalized spacial score (nSPS) is 13.1. The highest BCUT2D eigenvalue weighted by molar-refractivity contribution is 5.75. The summed E-state index contributed by atoms with van der Waals surface area (Å²) in [5.74, 6) is 5.75. The van der Waals surface area contributed by atoms with E-state index in [2.05, 4.69) is 16.8 Å². The van der Waals surface area contributed by atoms with Crippen LogP contribution in [0.1, 0.15) is 47.2 Å². The largest absolute Gasteiger partial charge is 0.448 e. The molecule has 108 valence electrons. The molecule has 0 amide bonds. The van der Waals surface area contributed by atoms with E-state index in [-0.39, 0.29) is 11.4 Å². The third kappa shape index (κ3) is 5.05. The number of esters is 1. The molecule has 0 saturated heterocycles. The first-order valence-electron chi connectivity index (χ1n) is 6.74. The number of aromatic nitrogens is 1. The van der Waals surface area contributed by atoms with Crippen molar-refractivity contribution in [3.63, 3.8) is 0 Å². The molecule has 1 heterocycles. The highest BCUT2D eigenvalue weighted by Crippen LogP contribution is 2.25. The van der Waals surface area contributed by atoms with Crippen molar-refractivity contribution in [1.29, 1.82) is 0 Å². The quantitative estimate of drug-likeness (QED) is 0.581. The van der Waals surface area contributed by atoms with Crippen molar-refractivity contribution in [3.05, 3.63) is 30.1 Å². The van der Waals surface area contributed by atoms with Crippen LogP contribution in [0.3, 0.4) is 0 Å². The van der Waals surface area contributed by atoms with E-state index in [9.17, 15) is 4.79 Å².